The van der Waals surface area contributed by atoms with E-state index < -0.39 is 0 Å². The molecule has 1 aliphatic rings. The van der Waals surface area contributed by atoms with Crippen LogP contribution in [0.2, 0.25) is 0 Å². The van der Waals surface area contributed by atoms with Crippen molar-refractivity contribution in [2.45, 2.75) is 39.7 Å². The summed E-state index contributed by atoms with van der Waals surface area (Å²) >= 11 is 0. The van der Waals surface area contributed by atoms with Gasteiger partial charge in [0.1, 0.15) is 5.78 Å². The highest BCUT2D eigenvalue weighted by Crippen LogP contribution is 2.21. The Morgan fingerprint density at radius 2 is 2.00 bits per heavy atom. The molecule has 2 heteroatoms. The maximum Gasteiger partial charge on any atom is 0.147 e. The molecule has 0 aromatic rings. The van der Waals surface area contributed by atoms with Crippen molar-refractivity contribution in [3.05, 3.63) is 0 Å². The molecule has 12 heavy (non-hydrogen) atoms. The van der Waals surface area contributed by atoms with Crippen LogP contribution in [0, 0.1) is 5.92 Å². The predicted octanol–water partition coefficient (Wildman–Crippen LogP) is 1.70. The van der Waals surface area contributed by atoms with Crippen LogP contribution in [-0.4, -0.2) is 29.3 Å². The number of carbonyl (C=O) groups excluding carboxylic acids is 1. The molecule has 0 saturated carbocycles. The number of Topliss-reactive ketones (excluding diaryl/α,β-unsaturated/α-hetero) is 1. The average Bonchev–Trinajstić information content (AvgIpc) is 1.82. The fourth-order valence-corrected chi connectivity index (χ4v) is 1.68. The number of hydrogen-bond donors (Lipinski definition) is 0. The highest BCUT2D eigenvalue weighted by molar-refractivity contribution is 5.81. The van der Waals surface area contributed by atoms with Crippen LogP contribution >= 0.6 is 0 Å². The van der Waals surface area contributed by atoms with Crippen LogP contribution < -0.4 is 0 Å². The van der Waals surface area contributed by atoms with Crippen molar-refractivity contribution in [3.63, 3.8) is 0 Å². The van der Waals surface area contributed by atoms with Crippen LogP contribution in [0.3, 0.4) is 0 Å². The van der Waals surface area contributed by atoms with Gasteiger partial charge in [-0.15, -0.1) is 0 Å². The first-order valence-electron chi connectivity index (χ1n) is 4.66. The topological polar surface area (TPSA) is 20.3 Å². The monoisotopic (exact) mass is 169 g/mol. The number of hydrogen-bond acceptors (Lipinski definition) is 2. The summed E-state index contributed by atoms with van der Waals surface area (Å²) in [6.07, 6.45) is 0.770. The Balaban J connectivity index is 2.62. The molecule has 0 amide bonds. The smallest absolute Gasteiger partial charge is 0.147 e. The van der Waals surface area contributed by atoms with Crippen molar-refractivity contribution in [1.29, 1.82) is 0 Å². The van der Waals surface area contributed by atoms with Crippen molar-refractivity contribution in [2.75, 3.05) is 13.1 Å². The highest BCUT2D eigenvalue weighted by Gasteiger charge is 2.29. The van der Waals surface area contributed by atoms with Gasteiger partial charge in [-0.05, 0) is 26.7 Å². The van der Waals surface area contributed by atoms with Crippen molar-refractivity contribution < 1.29 is 4.79 Å². The van der Waals surface area contributed by atoms with Gasteiger partial charge in [0.2, 0.25) is 0 Å². The molecule has 0 N–H and O–H groups in total. The minimum absolute atomic E-state index is 0.143. The number of piperidine rings is 1. The van der Waals surface area contributed by atoms with Gasteiger partial charge in [-0.25, -0.2) is 0 Å². The van der Waals surface area contributed by atoms with E-state index in [1.54, 1.807) is 0 Å². The van der Waals surface area contributed by atoms with Gasteiger partial charge in [-0.2, -0.15) is 0 Å². The first kappa shape index (κ1) is 9.72. The predicted molar refractivity (Wildman–Crippen MR) is 50.1 cm³/mol. The van der Waals surface area contributed by atoms with Gasteiger partial charge in [0.25, 0.3) is 0 Å². The summed E-state index contributed by atoms with van der Waals surface area (Å²) in [4.78, 5) is 13.6. The number of nitrogens with zero attached hydrogens (tertiary/aromatic N) is 1. The number of rotatable bonds is 0. The quantitative estimate of drug-likeness (QED) is 0.550. The molecule has 1 heterocycles. The first-order valence-corrected chi connectivity index (χ1v) is 4.66. The van der Waals surface area contributed by atoms with Gasteiger partial charge in [0, 0.05) is 18.5 Å². The molecule has 70 valence electrons. The number of carbonyl (C=O) groups is 1. The Labute approximate surface area is 74.9 Å². The van der Waals surface area contributed by atoms with Crippen LogP contribution in [0.25, 0.3) is 0 Å². The average molecular weight is 169 g/mol. The minimum Gasteiger partial charge on any atom is -0.298 e. The first-order chi connectivity index (χ1) is 5.39. The van der Waals surface area contributed by atoms with Crippen LogP contribution in [0.4, 0.5) is 0 Å². The van der Waals surface area contributed by atoms with E-state index in [0.29, 0.717) is 18.2 Å². The summed E-state index contributed by atoms with van der Waals surface area (Å²) in [5.41, 5.74) is 0.143. The highest BCUT2D eigenvalue weighted by atomic mass is 16.1. The fourth-order valence-electron chi connectivity index (χ4n) is 1.68. The Bertz CT molecular complexity index is 181. The Morgan fingerprint density at radius 3 is 2.42 bits per heavy atom. The van der Waals surface area contributed by atoms with E-state index in [2.05, 4.69) is 32.6 Å². The SMILES string of the molecule is CC1CC(=O)CN(C(C)(C)C)C1. The normalized spacial score (nSPS) is 27.7. The lowest BCUT2D eigenvalue weighted by Gasteiger charge is -2.39. The maximum atomic E-state index is 11.3. The van der Waals surface area contributed by atoms with Gasteiger partial charge in [-0.1, -0.05) is 6.92 Å². The molecule has 0 spiro atoms. The molecule has 1 atom stereocenters. The van der Waals surface area contributed by atoms with Gasteiger partial charge in [0.05, 0.1) is 6.54 Å². The third-order valence-electron chi connectivity index (χ3n) is 2.42. The van der Waals surface area contributed by atoms with E-state index in [4.69, 9.17) is 0 Å². The summed E-state index contributed by atoms with van der Waals surface area (Å²) in [5.74, 6) is 0.925. The van der Waals surface area contributed by atoms with Crippen molar-refractivity contribution in [1.82, 2.24) is 4.90 Å². The molecule has 0 radical (unpaired) electrons. The Kier molecular flexibility index (Phi) is 2.57. The van der Waals surface area contributed by atoms with Crippen LogP contribution in [-0.2, 0) is 4.79 Å². The number of likely N-dealkylation sites (tertiary alicyclic amines) is 1. The second-order valence-electron chi connectivity index (χ2n) is 4.90. The molecule has 1 fully saturated rings. The zero-order valence-electron chi connectivity index (χ0n) is 8.55. The van der Waals surface area contributed by atoms with E-state index in [1.165, 1.54) is 0 Å². The van der Waals surface area contributed by atoms with E-state index in [9.17, 15) is 4.79 Å². The molecule has 0 aliphatic carbocycles. The zero-order valence-corrected chi connectivity index (χ0v) is 8.55. The second kappa shape index (κ2) is 3.17. The van der Waals surface area contributed by atoms with E-state index in [-0.39, 0.29) is 5.54 Å². The van der Waals surface area contributed by atoms with Crippen LogP contribution in [0.1, 0.15) is 34.1 Å². The summed E-state index contributed by atoms with van der Waals surface area (Å²) in [6.45, 7) is 10.4. The molecular weight excluding hydrogens is 150 g/mol. The zero-order chi connectivity index (χ0) is 9.35. The summed E-state index contributed by atoms with van der Waals surface area (Å²) in [5, 5.41) is 0. The molecule has 0 aromatic carbocycles. The molecule has 1 saturated heterocycles. The van der Waals surface area contributed by atoms with Crippen LogP contribution in [0.15, 0.2) is 0 Å². The third-order valence-corrected chi connectivity index (χ3v) is 2.42. The maximum absolute atomic E-state index is 11.3. The van der Waals surface area contributed by atoms with Gasteiger partial charge in [-0.3, -0.25) is 9.69 Å². The molecule has 1 aliphatic heterocycles. The van der Waals surface area contributed by atoms with E-state index >= 15 is 0 Å². The fraction of sp³-hybridized carbons (Fsp3) is 0.900. The minimum atomic E-state index is 0.143. The standard InChI is InChI=1S/C10H19NO/c1-8-5-9(12)7-11(6-8)10(2,3)4/h8H,5-7H2,1-4H3. The lowest BCUT2D eigenvalue weighted by atomic mass is 9.94. The van der Waals surface area contributed by atoms with E-state index in [1.807, 2.05) is 0 Å². The van der Waals surface area contributed by atoms with Gasteiger partial charge < -0.3 is 0 Å². The van der Waals surface area contributed by atoms with E-state index in [0.717, 1.165) is 13.0 Å². The lowest BCUT2D eigenvalue weighted by molar-refractivity contribution is -0.125. The number of ketones is 1. The summed E-state index contributed by atoms with van der Waals surface area (Å²) < 4.78 is 0. The Morgan fingerprint density at radius 1 is 1.42 bits per heavy atom. The second-order valence-corrected chi connectivity index (χ2v) is 4.90. The third kappa shape index (κ3) is 2.31. The van der Waals surface area contributed by atoms with Gasteiger partial charge >= 0.3 is 0 Å². The van der Waals surface area contributed by atoms with Crippen LogP contribution in [0.5, 0.6) is 0 Å². The van der Waals surface area contributed by atoms with Gasteiger partial charge in [0.15, 0.2) is 0 Å². The molecule has 2 nitrogen and oxygen atoms in total. The molecule has 1 unspecified atom stereocenters. The molecular formula is C10H19NO. The van der Waals surface area contributed by atoms with Crippen molar-refractivity contribution in [2.24, 2.45) is 5.92 Å². The molecule has 1 rings (SSSR count). The summed E-state index contributed by atoms with van der Waals surface area (Å²) in [6, 6.07) is 0. The molecule has 0 bridgehead atoms. The van der Waals surface area contributed by atoms with Crippen molar-refractivity contribution >= 4 is 5.78 Å². The molecule has 0 aromatic heterocycles. The summed E-state index contributed by atoms with van der Waals surface area (Å²) in [7, 11) is 0. The van der Waals surface area contributed by atoms with Crippen molar-refractivity contribution in [3.8, 4) is 0 Å². The largest absolute Gasteiger partial charge is 0.298 e. The lowest BCUT2D eigenvalue weighted by Crippen LogP contribution is -2.49. The Hall–Kier alpha value is -0.370.